The molecule has 0 saturated heterocycles. The third kappa shape index (κ3) is 1.43. The third-order valence-electron chi connectivity index (χ3n) is 2.47. The minimum Gasteiger partial charge on any atom is -0.352 e. The molecule has 0 atom stereocenters. The van der Waals surface area contributed by atoms with Crippen LogP contribution in [0.3, 0.4) is 0 Å². The summed E-state index contributed by atoms with van der Waals surface area (Å²) in [5.41, 5.74) is 0. The number of amides is 1. The van der Waals surface area contributed by atoms with Gasteiger partial charge in [0.15, 0.2) is 0 Å². The van der Waals surface area contributed by atoms with Crippen molar-refractivity contribution in [2.75, 3.05) is 0 Å². The molecule has 0 heterocycles. The molecular formula is C8H12BrNO. The molecule has 11 heavy (non-hydrogen) atoms. The topological polar surface area (TPSA) is 29.1 Å². The zero-order valence-electron chi connectivity index (χ0n) is 6.40. The van der Waals surface area contributed by atoms with Crippen LogP contribution < -0.4 is 5.32 Å². The zero-order chi connectivity index (χ0) is 7.90. The number of hydrogen-bond acceptors (Lipinski definition) is 1. The van der Waals surface area contributed by atoms with E-state index in [-0.39, 0.29) is 10.2 Å². The molecule has 3 heteroatoms. The van der Waals surface area contributed by atoms with E-state index in [1.165, 1.54) is 19.3 Å². The first-order chi connectivity index (χ1) is 5.21. The predicted octanol–water partition coefficient (Wildman–Crippen LogP) is 1.58. The van der Waals surface area contributed by atoms with Crippen molar-refractivity contribution in [3.63, 3.8) is 0 Å². The first-order valence-corrected chi connectivity index (χ1v) is 5.00. The van der Waals surface area contributed by atoms with E-state index >= 15 is 0 Å². The summed E-state index contributed by atoms with van der Waals surface area (Å²) < 4.78 is -0.185. The molecule has 1 amide bonds. The van der Waals surface area contributed by atoms with E-state index in [0.29, 0.717) is 6.04 Å². The number of nitrogens with one attached hydrogen (secondary N) is 1. The normalized spacial score (nSPS) is 27.4. The van der Waals surface area contributed by atoms with Crippen LogP contribution in [0.1, 0.15) is 32.1 Å². The highest BCUT2D eigenvalue weighted by molar-refractivity contribution is 9.10. The summed E-state index contributed by atoms with van der Waals surface area (Å²) in [4.78, 5) is 11.4. The van der Waals surface area contributed by atoms with Gasteiger partial charge in [-0.1, -0.05) is 15.9 Å². The lowest BCUT2D eigenvalue weighted by Crippen LogP contribution is -2.47. The van der Waals surface area contributed by atoms with Gasteiger partial charge in [0, 0.05) is 6.04 Å². The first-order valence-electron chi connectivity index (χ1n) is 4.21. The van der Waals surface area contributed by atoms with Crippen LogP contribution in [0.5, 0.6) is 0 Å². The highest BCUT2D eigenvalue weighted by Crippen LogP contribution is 2.40. The van der Waals surface area contributed by atoms with Crippen molar-refractivity contribution in [2.24, 2.45) is 0 Å². The Morgan fingerprint density at radius 3 is 2.45 bits per heavy atom. The van der Waals surface area contributed by atoms with Crippen molar-refractivity contribution in [2.45, 2.75) is 42.5 Å². The molecule has 2 saturated carbocycles. The number of halogens is 1. The van der Waals surface area contributed by atoms with Gasteiger partial charge in [0.1, 0.15) is 4.32 Å². The van der Waals surface area contributed by atoms with Crippen molar-refractivity contribution in [1.82, 2.24) is 5.32 Å². The fraction of sp³-hybridized carbons (Fsp3) is 0.875. The van der Waals surface area contributed by atoms with Crippen molar-refractivity contribution in [3.05, 3.63) is 0 Å². The van der Waals surface area contributed by atoms with Gasteiger partial charge >= 0.3 is 0 Å². The Morgan fingerprint density at radius 1 is 1.45 bits per heavy atom. The molecule has 2 fully saturated rings. The zero-order valence-corrected chi connectivity index (χ0v) is 7.99. The Labute approximate surface area is 74.9 Å². The van der Waals surface area contributed by atoms with E-state index in [0.717, 1.165) is 12.8 Å². The van der Waals surface area contributed by atoms with Crippen LogP contribution in [0.25, 0.3) is 0 Å². The quantitative estimate of drug-likeness (QED) is 0.700. The molecule has 2 aliphatic carbocycles. The lowest BCUT2D eigenvalue weighted by molar-refractivity contribution is -0.125. The van der Waals surface area contributed by atoms with Crippen molar-refractivity contribution >= 4 is 21.8 Å². The smallest absolute Gasteiger partial charge is 0.237 e. The second-order valence-corrected chi connectivity index (χ2v) is 5.08. The molecule has 2 rings (SSSR count). The van der Waals surface area contributed by atoms with Crippen LogP contribution in [0.4, 0.5) is 0 Å². The fourth-order valence-electron chi connectivity index (χ4n) is 1.26. The number of rotatable bonds is 2. The van der Waals surface area contributed by atoms with E-state index in [9.17, 15) is 4.79 Å². The summed E-state index contributed by atoms with van der Waals surface area (Å²) in [7, 11) is 0. The largest absolute Gasteiger partial charge is 0.352 e. The van der Waals surface area contributed by atoms with E-state index in [1.807, 2.05) is 0 Å². The number of carbonyl (C=O) groups excluding carboxylic acids is 1. The lowest BCUT2D eigenvalue weighted by Gasteiger charge is -2.34. The lowest BCUT2D eigenvalue weighted by atomic mass is 9.84. The Balaban J connectivity index is 1.86. The molecule has 1 N–H and O–H groups in total. The molecule has 0 aromatic heterocycles. The third-order valence-corrected chi connectivity index (χ3v) is 3.62. The van der Waals surface area contributed by atoms with E-state index in [2.05, 4.69) is 21.2 Å². The standard InChI is InChI=1S/C8H12BrNO/c9-8(4-1-5-8)7(11)10-6-2-3-6/h6H,1-5H2,(H,10,11). The van der Waals surface area contributed by atoms with Gasteiger partial charge in [-0.15, -0.1) is 0 Å². The molecule has 0 spiro atoms. The van der Waals surface area contributed by atoms with E-state index in [4.69, 9.17) is 0 Å². The maximum atomic E-state index is 11.4. The minimum absolute atomic E-state index is 0.185. The summed E-state index contributed by atoms with van der Waals surface area (Å²) in [6.07, 6.45) is 5.55. The van der Waals surface area contributed by atoms with Crippen molar-refractivity contribution in [3.8, 4) is 0 Å². The Bertz CT molecular complexity index is 185. The molecule has 0 radical (unpaired) electrons. The minimum atomic E-state index is -0.185. The molecule has 0 bridgehead atoms. The van der Waals surface area contributed by atoms with E-state index in [1.54, 1.807) is 0 Å². The van der Waals surface area contributed by atoms with Gasteiger partial charge in [-0.3, -0.25) is 4.79 Å². The second kappa shape index (κ2) is 2.47. The fourth-order valence-corrected chi connectivity index (χ4v) is 1.93. The van der Waals surface area contributed by atoms with Gasteiger partial charge < -0.3 is 5.32 Å². The van der Waals surface area contributed by atoms with Gasteiger partial charge in [-0.25, -0.2) is 0 Å². The van der Waals surface area contributed by atoms with Crippen LogP contribution in [0, 0.1) is 0 Å². The molecule has 0 aromatic carbocycles. The Hall–Kier alpha value is -0.0500. The molecule has 2 aliphatic rings. The Kier molecular flexibility index (Phi) is 1.71. The molecular weight excluding hydrogens is 206 g/mol. The number of hydrogen-bond donors (Lipinski definition) is 1. The monoisotopic (exact) mass is 217 g/mol. The van der Waals surface area contributed by atoms with Crippen LogP contribution in [0.15, 0.2) is 0 Å². The number of alkyl halides is 1. The molecule has 0 aliphatic heterocycles. The predicted molar refractivity (Wildman–Crippen MR) is 46.7 cm³/mol. The summed E-state index contributed by atoms with van der Waals surface area (Å²) >= 11 is 3.48. The number of carbonyl (C=O) groups is 1. The van der Waals surface area contributed by atoms with Crippen molar-refractivity contribution < 1.29 is 4.79 Å². The van der Waals surface area contributed by atoms with E-state index < -0.39 is 0 Å². The van der Waals surface area contributed by atoms with Gasteiger partial charge in [0.2, 0.25) is 5.91 Å². The molecule has 2 nitrogen and oxygen atoms in total. The summed E-state index contributed by atoms with van der Waals surface area (Å²) in [6.45, 7) is 0. The SMILES string of the molecule is O=C(NC1CC1)C1(Br)CCC1. The van der Waals surface area contributed by atoms with Gasteiger partial charge in [-0.2, -0.15) is 0 Å². The van der Waals surface area contributed by atoms with Gasteiger partial charge in [0.25, 0.3) is 0 Å². The summed E-state index contributed by atoms with van der Waals surface area (Å²) in [5, 5.41) is 3.01. The highest BCUT2D eigenvalue weighted by atomic mass is 79.9. The summed E-state index contributed by atoms with van der Waals surface area (Å²) in [5.74, 6) is 0.214. The van der Waals surface area contributed by atoms with Crippen LogP contribution >= 0.6 is 15.9 Å². The Morgan fingerprint density at radius 2 is 2.09 bits per heavy atom. The average molecular weight is 218 g/mol. The second-order valence-electron chi connectivity index (χ2n) is 3.57. The van der Waals surface area contributed by atoms with Crippen molar-refractivity contribution in [1.29, 1.82) is 0 Å². The molecule has 0 aromatic rings. The first kappa shape index (κ1) is 7.59. The summed E-state index contributed by atoms with van der Waals surface area (Å²) in [6, 6.07) is 0.498. The van der Waals surface area contributed by atoms with Crippen LogP contribution in [-0.4, -0.2) is 16.3 Å². The maximum Gasteiger partial charge on any atom is 0.237 e. The van der Waals surface area contributed by atoms with Gasteiger partial charge in [-0.05, 0) is 32.1 Å². The molecule has 0 unspecified atom stereocenters. The highest BCUT2D eigenvalue weighted by Gasteiger charge is 2.43. The van der Waals surface area contributed by atoms with Gasteiger partial charge in [0.05, 0.1) is 0 Å². The van der Waals surface area contributed by atoms with Crippen LogP contribution in [-0.2, 0) is 4.79 Å². The maximum absolute atomic E-state index is 11.4. The molecule has 62 valence electrons. The average Bonchev–Trinajstić information content (AvgIpc) is 2.66. The van der Waals surface area contributed by atoms with Crippen LogP contribution in [0.2, 0.25) is 0 Å².